The van der Waals surface area contributed by atoms with Gasteiger partial charge in [-0.25, -0.2) is 9.78 Å². The van der Waals surface area contributed by atoms with E-state index in [0.717, 1.165) is 5.56 Å². The van der Waals surface area contributed by atoms with Crippen molar-refractivity contribution in [3.8, 4) is 34.0 Å². The number of nitrogens with zero attached hydrogens (tertiary/aromatic N) is 2. The van der Waals surface area contributed by atoms with Crippen LogP contribution in [0, 0.1) is 0 Å². The topological polar surface area (TPSA) is 108 Å². The van der Waals surface area contributed by atoms with Gasteiger partial charge < -0.3 is 14.9 Å². The summed E-state index contributed by atoms with van der Waals surface area (Å²) >= 11 is 5.95. The first-order chi connectivity index (χ1) is 14.0. The lowest BCUT2D eigenvalue weighted by atomic mass is 10.0. The number of hydrogen-bond donors (Lipinski definition) is 3. The second kappa shape index (κ2) is 7.44. The van der Waals surface area contributed by atoms with Crippen LogP contribution in [-0.4, -0.2) is 38.0 Å². The number of carboxylic acids is 1. The highest BCUT2D eigenvalue weighted by molar-refractivity contribution is 6.30. The van der Waals surface area contributed by atoms with Crippen molar-refractivity contribution in [1.82, 2.24) is 15.2 Å². The number of benzene rings is 2. The molecule has 0 aliphatic heterocycles. The predicted molar refractivity (Wildman–Crippen MR) is 110 cm³/mol. The summed E-state index contributed by atoms with van der Waals surface area (Å²) in [5.74, 6) is -0.936. The Morgan fingerprint density at radius 3 is 2.66 bits per heavy atom. The van der Waals surface area contributed by atoms with Crippen LogP contribution in [-0.2, 0) is 0 Å². The number of pyridine rings is 1. The zero-order chi connectivity index (χ0) is 20.5. The molecule has 3 N–H and O–H groups in total. The largest absolute Gasteiger partial charge is 0.504 e. The maximum Gasteiger partial charge on any atom is 0.336 e. The number of H-pyrrole nitrogens is 1. The van der Waals surface area contributed by atoms with Crippen molar-refractivity contribution in [1.29, 1.82) is 0 Å². The lowest BCUT2D eigenvalue weighted by Gasteiger charge is -2.10. The average molecular weight is 410 g/mol. The monoisotopic (exact) mass is 409 g/mol. The molecule has 0 aliphatic carbocycles. The molecule has 0 aliphatic rings. The highest BCUT2D eigenvalue weighted by atomic mass is 35.5. The summed E-state index contributed by atoms with van der Waals surface area (Å²) in [6.45, 7) is 2.19. The molecule has 0 amide bonds. The van der Waals surface area contributed by atoms with Crippen LogP contribution < -0.4 is 4.74 Å². The number of aromatic carboxylic acids is 1. The van der Waals surface area contributed by atoms with Gasteiger partial charge in [-0.2, -0.15) is 5.10 Å². The fourth-order valence-electron chi connectivity index (χ4n) is 3.16. The summed E-state index contributed by atoms with van der Waals surface area (Å²) in [4.78, 5) is 16.5. The number of fused-ring (bicyclic) bond motifs is 1. The quantitative estimate of drug-likeness (QED) is 0.439. The third kappa shape index (κ3) is 3.36. The van der Waals surface area contributed by atoms with Gasteiger partial charge in [0, 0.05) is 16.1 Å². The van der Waals surface area contributed by atoms with Gasteiger partial charge in [-0.05, 0) is 37.3 Å². The Morgan fingerprint density at radius 1 is 1.21 bits per heavy atom. The molecule has 4 rings (SSSR count). The number of aromatic nitrogens is 3. The summed E-state index contributed by atoms with van der Waals surface area (Å²) in [6.07, 6.45) is 0. The first-order valence-corrected chi connectivity index (χ1v) is 9.21. The van der Waals surface area contributed by atoms with Gasteiger partial charge in [-0.1, -0.05) is 29.8 Å². The Balaban J connectivity index is 1.93. The summed E-state index contributed by atoms with van der Waals surface area (Å²) in [5.41, 5.74) is 2.14. The molecular weight excluding hydrogens is 394 g/mol. The molecule has 2 aromatic heterocycles. The minimum Gasteiger partial charge on any atom is -0.504 e. The van der Waals surface area contributed by atoms with Crippen molar-refractivity contribution in [3.63, 3.8) is 0 Å². The first-order valence-electron chi connectivity index (χ1n) is 8.83. The second-order valence-electron chi connectivity index (χ2n) is 6.25. The number of phenolic OH excluding ortho intramolecular Hbond substituents is 1. The number of rotatable bonds is 5. The molecule has 4 aromatic rings. The number of halogens is 1. The highest BCUT2D eigenvalue weighted by Crippen LogP contribution is 2.38. The fraction of sp³-hybridized carbons (Fsp3) is 0.0952. The van der Waals surface area contributed by atoms with Crippen LogP contribution in [0.15, 0.2) is 48.5 Å². The van der Waals surface area contributed by atoms with Crippen molar-refractivity contribution in [2.24, 2.45) is 0 Å². The third-order valence-corrected chi connectivity index (χ3v) is 4.71. The number of phenols is 1. The standard InChI is InChI=1S/C21H16ClN3O4/c1-2-29-16-5-3-4-13(19(16)26)15-10-14(21(27)28)17-18(24-25-20(17)23-15)11-6-8-12(22)9-7-11/h3-10,26H,2H2,1H3,(H,27,28)(H,23,24,25). The summed E-state index contributed by atoms with van der Waals surface area (Å²) in [6, 6.07) is 13.4. The maximum absolute atomic E-state index is 12.0. The number of para-hydroxylation sites is 1. The molecule has 29 heavy (non-hydrogen) atoms. The zero-order valence-electron chi connectivity index (χ0n) is 15.3. The van der Waals surface area contributed by atoms with Crippen LogP contribution >= 0.6 is 11.6 Å². The van der Waals surface area contributed by atoms with Gasteiger partial charge in [0.05, 0.1) is 28.9 Å². The Morgan fingerprint density at radius 2 is 1.97 bits per heavy atom. The van der Waals surface area contributed by atoms with Crippen LogP contribution in [0.5, 0.6) is 11.5 Å². The highest BCUT2D eigenvalue weighted by Gasteiger charge is 2.21. The molecule has 0 saturated heterocycles. The van der Waals surface area contributed by atoms with E-state index < -0.39 is 5.97 Å². The Labute approximate surface area is 170 Å². The smallest absolute Gasteiger partial charge is 0.336 e. The van der Waals surface area contributed by atoms with Crippen molar-refractivity contribution in [2.45, 2.75) is 6.92 Å². The minimum atomic E-state index is -1.13. The van der Waals surface area contributed by atoms with E-state index in [0.29, 0.717) is 34.0 Å². The van der Waals surface area contributed by atoms with Gasteiger partial charge in [0.25, 0.3) is 0 Å². The number of ether oxygens (including phenoxy) is 1. The third-order valence-electron chi connectivity index (χ3n) is 4.46. The van der Waals surface area contributed by atoms with Crippen LogP contribution in [0.25, 0.3) is 33.5 Å². The van der Waals surface area contributed by atoms with E-state index in [-0.39, 0.29) is 22.7 Å². The molecule has 0 fully saturated rings. The van der Waals surface area contributed by atoms with E-state index in [4.69, 9.17) is 16.3 Å². The van der Waals surface area contributed by atoms with E-state index >= 15 is 0 Å². The number of hydrogen-bond acceptors (Lipinski definition) is 5. The minimum absolute atomic E-state index is 0.0184. The van der Waals surface area contributed by atoms with E-state index in [1.54, 1.807) is 49.4 Å². The molecule has 0 bridgehead atoms. The van der Waals surface area contributed by atoms with Gasteiger partial charge in [0.2, 0.25) is 0 Å². The van der Waals surface area contributed by atoms with Gasteiger partial charge >= 0.3 is 5.97 Å². The van der Waals surface area contributed by atoms with Gasteiger partial charge in [0.1, 0.15) is 0 Å². The molecule has 0 unspecified atom stereocenters. The Bertz CT molecular complexity index is 1220. The maximum atomic E-state index is 12.0. The van der Waals surface area contributed by atoms with Crippen LogP contribution in [0.3, 0.4) is 0 Å². The van der Waals surface area contributed by atoms with Crippen molar-refractivity contribution in [3.05, 3.63) is 59.1 Å². The molecule has 0 radical (unpaired) electrons. The van der Waals surface area contributed by atoms with E-state index in [9.17, 15) is 15.0 Å². The molecule has 7 nitrogen and oxygen atoms in total. The molecule has 8 heteroatoms. The number of carboxylic acid groups (broad SMARTS) is 1. The van der Waals surface area contributed by atoms with E-state index in [1.807, 2.05) is 0 Å². The summed E-state index contributed by atoms with van der Waals surface area (Å²) < 4.78 is 5.41. The van der Waals surface area contributed by atoms with Crippen molar-refractivity contribution < 1.29 is 19.7 Å². The SMILES string of the molecule is CCOc1cccc(-c2cc(C(=O)O)c3c(-c4ccc(Cl)cc4)[nH]nc3n2)c1O. The molecule has 0 spiro atoms. The van der Waals surface area contributed by atoms with Gasteiger partial charge in [-0.3, -0.25) is 5.10 Å². The number of nitrogens with one attached hydrogen (secondary N) is 1. The number of carbonyl (C=O) groups is 1. The van der Waals surface area contributed by atoms with E-state index in [2.05, 4.69) is 15.2 Å². The van der Waals surface area contributed by atoms with Gasteiger partial charge in [0.15, 0.2) is 17.1 Å². The van der Waals surface area contributed by atoms with E-state index in [1.165, 1.54) is 6.07 Å². The Hall–Kier alpha value is -3.58. The molecule has 0 saturated carbocycles. The fourth-order valence-corrected chi connectivity index (χ4v) is 3.28. The van der Waals surface area contributed by atoms with Crippen molar-refractivity contribution >= 4 is 28.6 Å². The predicted octanol–water partition coefficient (Wildman–Crippen LogP) is 4.75. The summed E-state index contributed by atoms with van der Waals surface area (Å²) in [7, 11) is 0. The Kier molecular flexibility index (Phi) is 4.82. The van der Waals surface area contributed by atoms with Gasteiger partial charge in [-0.15, -0.1) is 0 Å². The average Bonchev–Trinajstić information content (AvgIpc) is 3.13. The second-order valence-corrected chi connectivity index (χ2v) is 6.69. The normalized spacial score (nSPS) is 11.0. The molecule has 146 valence electrons. The molecule has 0 atom stereocenters. The summed E-state index contributed by atoms with van der Waals surface area (Å²) in [5, 5.41) is 28.4. The number of aromatic amines is 1. The molecule has 2 aromatic carbocycles. The molecule has 2 heterocycles. The lowest BCUT2D eigenvalue weighted by molar-refractivity contribution is 0.0699. The van der Waals surface area contributed by atoms with Crippen LogP contribution in [0.2, 0.25) is 5.02 Å². The van der Waals surface area contributed by atoms with Crippen LogP contribution in [0.1, 0.15) is 17.3 Å². The number of aromatic hydroxyl groups is 1. The lowest BCUT2D eigenvalue weighted by Crippen LogP contribution is -2.01. The first kappa shape index (κ1) is 18.8. The molecular formula is C21H16ClN3O4. The van der Waals surface area contributed by atoms with Crippen LogP contribution in [0.4, 0.5) is 0 Å². The zero-order valence-corrected chi connectivity index (χ0v) is 16.1. The van der Waals surface area contributed by atoms with Crippen molar-refractivity contribution in [2.75, 3.05) is 6.61 Å².